The standard InChI is InChI=1S/C29H38N6O5S/c1-41(38,39)33-27-12-15-35(32-27)16-14-31-28(36)19-24-10-11-26-25(18-24)21-34(20-23-8-4-2-5-9-23)22-29(37)30-13-6-3-7-17-40-26/h2,4-5,8-12,15,18H,3,6-7,13-14,16-17,19-22H2,1H3,(H,30,37)(H,31,36)(H,32,33). The topological polar surface area (TPSA) is 135 Å². The number of fused-ring (bicyclic) bond motifs is 1. The fourth-order valence-corrected chi connectivity index (χ4v) is 5.11. The van der Waals surface area contributed by atoms with Crippen LogP contribution >= 0.6 is 0 Å². The van der Waals surface area contributed by atoms with Crippen LogP contribution in [-0.2, 0) is 45.7 Å². The summed E-state index contributed by atoms with van der Waals surface area (Å²) in [4.78, 5) is 27.5. The van der Waals surface area contributed by atoms with Crippen molar-refractivity contribution >= 4 is 27.7 Å². The molecule has 2 amide bonds. The third-order valence-electron chi connectivity index (χ3n) is 6.49. The van der Waals surface area contributed by atoms with Crippen molar-refractivity contribution in [2.75, 3.05) is 37.2 Å². The van der Waals surface area contributed by atoms with Crippen LogP contribution in [0, 0.1) is 0 Å². The summed E-state index contributed by atoms with van der Waals surface area (Å²) in [6.45, 7) is 3.34. The molecule has 2 aromatic carbocycles. The normalized spacial score (nSPS) is 15.3. The first-order valence-electron chi connectivity index (χ1n) is 13.8. The summed E-state index contributed by atoms with van der Waals surface area (Å²) >= 11 is 0. The lowest BCUT2D eigenvalue weighted by Gasteiger charge is -2.23. The van der Waals surface area contributed by atoms with Crippen LogP contribution in [0.15, 0.2) is 60.8 Å². The summed E-state index contributed by atoms with van der Waals surface area (Å²) in [6.07, 6.45) is 5.67. The average molecular weight is 583 g/mol. The highest BCUT2D eigenvalue weighted by molar-refractivity contribution is 7.92. The van der Waals surface area contributed by atoms with E-state index in [-0.39, 0.29) is 30.6 Å². The molecule has 2 heterocycles. The van der Waals surface area contributed by atoms with E-state index in [0.717, 1.165) is 48.0 Å². The first-order chi connectivity index (χ1) is 19.7. The highest BCUT2D eigenvalue weighted by Gasteiger charge is 2.17. The summed E-state index contributed by atoms with van der Waals surface area (Å²) in [5.74, 6) is 0.852. The van der Waals surface area contributed by atoms with E-state index in [1.54, 1.807) is 16.9 Å². The van der Waals surface area contributed by atoms with Crippen LogP contribution < -0.4 is 20.1 Å². The first kappa shape index (κ1) is 30.1. The molecule has 0 radical (unpaired) electrons. The molecule has 1 aliphatic rings. The molecule has 0 saturated heterocycles. The van der Waals surface area contributed by atoms with Crippen LogP contribution in [0.4, 0.5) is 5.82 Å². The molecule has 0 atom stereocenters. The van der Waals surface area contributed by atoms with Gasteiger partial charge in [-0.2, -0.15) is 5.10 Å². The SMILES string of the molecule is CS(=O)(=O)Nc1ccn(CCNC(=O)Cc2ccc3c(c2)CN(Cc2ccccc2)CC(=O)NCCCCCO3)n1. The maximum atomic E-state index is 12.7. The molecule has 3 aromatic rings. The molecule has 41 heavy (non-hydrogen) atoms. The highest BCUT2D eigenvalue weighted by atomic mass is 32.2. The van der Waals surface area contributed by atoms with Crippen LogP contribution in [0.1, 0.15) is 36.0 Å². The Morgan fingerprint density at radius 1 is 1.05 bits per heavy atom. The zero-order chi connectivity index (χ0) is 29.1. The summed E-state index contributed by atoms with van der Waals surface area (Å²) in [5, 5.41) is 10.1. The van der Waals surface area contributed by atoms with Crippen molar-refractivity contribution < 1.29 is 22.7 Å². The molecule has 0 fully saturated rings. The van der Waals surface area contributed by atoms with Crippen LogP contribution in [0.25, 0.3) is 0 Å². The van der Waals surface area contributed by atoms with Gasteiger partial charge in [0.15, 0.2) is 5.82 Å². The Morgan fingerprint density at radius 2 is 1.88 bits per heavy atom. The van der Waals surface area contributed by atoms with Crippen LogP contribution in [0.5, 0.6) is 5.75 Å². The van der Waals surface area contributed by atoms with E-state index >= 15 is 0 Å². The lowest BCUT2D eigenvalue weighted by atomic mass is 10.1. The lowest BCUT2D eigenvalue weighted by Crippen LogP contribution is -2.37. The number of anilines is 1. The van der Waals surface area contributed by atoms with E-state index in [0.29, 0.717) is 39.3 Å². The van der Waals surface area contributed by atoms with E-state index in [4.69, 9.17) is 4.74 Å². The van der Waals surface area contributed by atoms with Gasteiger partial charge in [-0.1, -0.05) is 42.5 Å². The fourth-order valence-electron chi connectivity index (χ4n) is 4.62. The van der Waals surface area contributed by atoms with Crippen molar-refractivity contribution in [1.29, 1.82) is 0 Å². The van der Waals surface area contributed by atoms with Crippen LogP contribution in [0.3, 0.4) is 0 Å². The molecule has 0 aliphatic carbocycles. The minimum Gasteiger partial charge on any atom is -0.493 e. The smallest absolute Gasteiger partial charge is 0.234 e. The maximum Gasteiger partial charge on any atom is 0.234 e. The molecule has 220 valence electrons. The molecule has 3 N–H and O–H groups in total. The minimum atomic E-state index is -3.40. The van der Waals surface area contributed by atoms with Gasteiger partial charge < -0.3 is 15.4 Å². The fraction of sp³-hybridized carbons (Fsp3) is 0.414. The Labute approximate surface area is 241 Å². The van der Waals surface area contributed by atoms with Crippen molar-refractivity contribution in [1.82, 2.24) is 25.3 Å². The molecule has 0 bridgehead atoms. The number of aromatic nitrogens is 2. The Hall–Kier alpha value is -3.90. The van der Waals surface area contributed by atoms with Crippen LogP contribution in [0.2, 0.25) is 0 Å². The molecule has 4 rings (SSSR count). The number of nitrogens with one attached hydrogen (secondary N) is 3. The number of ether oxygens (including phenoxy) is 1. The Bertz CT molecular complexity index is 1410. The van der Waals surface area contributed by atoms with Gasteiger partial charge in [-0.25, -0.2) is 8.42 Å². The number of hydrogen-bond donors (Lipinski definition) is 3. The third kappa shape index (κ3) is 10.5. The number of hydrogen-bond acceptors (Lipinski definition) is 7. The number of amides is 2. The van der Waals surface area contributed by atoms with E-state index in [1.165, 1.54) is 0 Å². The minimum absolute atomic E-state index is 0.00502. The van der Waals surface area contributed by atoms with E-state index in [2.05, 4.69) is 25.4 Å². The maximum absolute atomic E-state index is 12.7. The Morgan fingerprint density at radius 3 is 2.68 bits per heavy atom. The van der Waals surface area contributed by atoms with Gasteiger partial charge in [0.2, 0.25) is 21.8 Å². The largest absolute Gasteiger partial charge is 0.493 e. The van der Waals surface area contributed by atoms with Crippen LogP contribution in [-0.4, -0.2) is 67.4 Å². The van der Waals surface area contributed by atoms with Gasteiger partial charge in [-0.3, -0.25) is 23.9 Å². The second-order valence-corrected chi connectivity index (χ2v) is 11.9. The molecular formula is C29H38N6O5S. The first-order valence-corrected chi connectivity index (χ1v) is 15.7. The predicted octanol–water partition coefficient (Wildman–Crippen LogP) is 2.29. The summed E-state index contributed by atoms with van der Waals surface area (Å²) < 4.78 is 32.7. The quantitative estimate of drug-likeness (QED) is 0.352. The predicted molar refractivity (Wildman–Crippen MR) is 157 cm³/mol. The molecular weight excluding hydrogens is 544 g/mol. The molecule has 1 aliphatic heterocycles. The monoisotopic (exact) mass is 582 g/mol. The van der Waals surface area contributed by atoms with Gasteiger partial charge >= 0.3 is 0 Å². The van der Waals surface area contributed by atoms with Gasteiger partial charge in [0.05, 0.1) is 32.4 Å². The molecule has 0 unspecified atom stereocenters. The second-order valence-electron chi connectivity index (χ2n) is 10.2. The third-order valence-corrected chi connectivity index (χ3v) is 7.07. The van der Waals surface area contributed by atoms with E-state index in [1.807, 2.05) is 48.5 Å². The van der Waals surface area contributed by atoms with Gasteiger partial charge in [-0.15, -0.1) is 0 Å². The second kappa shape index (κ2) is 14.6. The van der Waals surface area contributed by atoms with Gasteiger partial charge in [0, 0.05) is 44.0 Å². The molecule has 12 heteroatoms. The summed E-state index contributed by atoms with van der Waals surface area (Å²) in [5.41, 5.74) is 2.89. The summed E-state index contributed by atoms with van der Waals surface area (Å²) in [6, 6.07) is 17.4. The van der Waals surface area contributed by atoms with Crippen molar-refractivity contribution in [2.24, 2.45) is 0 Å². The van der Waals surface area contributed by atoms with Gasteiger partial charge in [0.1, 0.15) is 5.75 Å². The van der Waals surface area contributed by atoms with Crippen molar-refractivity contribution in [3.63, 3.8) is 0 Å². The zero-order valence-corrected chi connectivity index (χ0v) is 24.2. The van der Waals surface area contributed by atoms with E-state index < -0.39 is 10.0 Å². The number of carbonyl (C=O) groups excluding carboxylic acids is 2. The van der Waals surface area contributed by atoms with Crippen molar-refractivity contribution in [3.8, 4) is 5.75 Å². The highest BCUT2D eigenvalue weighted by Crippen LogP contribution is 2.24. The number of sulfonamides is 1. The Kier molecular flexibility index (Phi) is 10.7. The molecule has 11 nitrogen and oxygen atoms in total. The van der Waals surface area contributed by atoms with Gasteiger partial charge in [0.25, 0.3) is 0 Å². The number of benzene rings is 2. The van der Waals surface area contributed by atoms with Crippen molar-refractivity contribution in [3.05, 3.63) is 77.5 Å². The molecule has 0 saturated carbocycles. The molecule has 1 aromatic heterocycles. The van der Waals surface area contributed by atoms with Gasteiger partial charge in [-0.05, 0) is 36.5 Å². The lowest BCUT2D eigenvalue weighted by molar-refractivity contribution is -0.122. The zero-order valence-electron chi connectivity index (χ0n) is 23.3. The average Bonchev–Trinajstić information content (AvgIpc) is 3.35. The number of carbonyl (C=O) groups is 2. The van der Waals surface area contributed by atoms with E-state index in [9.17, 15) is 18.0 Å². The molecule has 0 spiro atoms. The summed E-state index contributed by atoms with van der Waals surface area (Å²) in [7, 11) is -3.40. The van der Waals surface area contributed by atoms with Crippen molar-refractivity contribution in [2.45, 2.75) is 45.3 Å². The number of rotatable bonds is 9. The number of nitrogens with zero attached hydrogens (tertiary/aromatic N) is 3. The Balaban J connectivity index is 1.41.